The zero-order valence-electron chi connectivity index (χ0n) is 8.34. The van der Waals surface area contributed by atoms with Crippen LogP contribution in [0.2, 0.25) is 0 Å². The Bertz CT molecular complexity index is 375. The minimum Gasteiger partial charge on any atom is -0.480 e. The molecule has 1 aromatic carbocycles. The van der Waals surface area contributed by atoms with Gasteiger partial charge in [0.1, 0.15) is 5.25 Å². The van der Waals surface area contributed by atoms with Crippen LogP contribution >= 0.6 is 0 Å². The molecular formula is C10H13NO3S. The average Bonchev–Trinajstić information content (AvgIpc) is 2.19. The summed E-state index contributed by atoms with van der Waals surface area (Å²) in [4.78, 5) is 11.2. The van der Waals surface area contributed by atoms with Crippen LogP contribution in [0.1, 0.15) is 5.56 Å². The lowest BCUT2D eigenvalue weighted by Crippen LogP contribution is -2.33. The summed E-state index contributed by atoms with van der Waals surface area (Å²) in [6.07, 6.45) is 0. The summed E-state index contributed by atoms with van der Waals surface area (Å²) in [5.41, 5.74) is 6.31. The third-order valence-corrected chi connectivity index (χ3v) is 3.65. The van der Waals surface area contributed by atoms with Crippen LogP contribution in [-0.4, -0.2) is 27.1 Å². The Morgan fingerprint density at radius 2 is 2.00 bits per heavy atom. The highest BCUT2D eigenvalue weighted by Gasteiger charge is 2.23. The molecule has 0 radical (unpaired) electrons. The molecule has 2 unspecified atom stereocenters. The van der Waals surface area contributed by atoms with Crippen LogP contribution in [0.4, 0.5) is 0 Å². The highest BCUT2D eigenvalue weighted by molar-refractivity contribution is 7.86. The predicted molar refractivity (Wildman–Crippen MR) is 58.1 cm³/mol. The summed E-state index contributed by atoms with van der Waals surface area (Å²) >= 11 is 0. The highest BCUT2D eigenvalue weighted by atomic mass is 32.2. The number of benzene rings is 1. The number of nitrogens with two attached hydrogens (primary N) is 1. The second kappa shape index (κ2) is 5.04. The summed E-state index contributed by atoms with van der Waals surface area (Å²) < 4.78 is 11.8. The SMILES string of the molecule is Cc1ccc(S(=O)C(CN)C(=O)O)cc1. The molecule has 0 aliphatic rings. The lowest BCUT2D eigenvalue weighted by atomic mass is 10.2. The maximum absolute atomic E-state index is 11.8. The lowest BCUT2D eigenvalue weighted by molar-refractivity contribution is -0.136. The molecule has 1 rings (SSSR count). The van der Waals surface area contributed by atoms with E-state index in [4.69, 9.17) is 10.8 Å². The van der Waals surface area contributed by atoms with Crippen molar-refractivity contribution in [1.82, 2.24) is 0 Å². The van der Waals surface area contributed by atoms with E-state index in [1.807, 2.05) is 6.92 Å². The summed E-state index contributed by atoms with van der Waals surface area (Å²) in [5.74, 6) is -1.13. The minimum absolute atomic E-state index is 0.129. The fraction of sp³-hybridized carbons (Fsp3) is 0.300. The van der Waals surface area contributed by atoms with E-state index in [0.29, 0.717) is 4.90 Å². The van der Waals surface area contributed by atoms with E-state index in [2.05, 4.69) is 0 Å². The first-order valence-corrected chi connectivity index (χ1v) is 5.67. The van der Waals surface area contributed by atoms with Gasteiger partial charge in [-0.3, -0.25) is 9.00 Å². The summed E-state index contributed by atoms with van der Waals surface area (Å²) in [6.45, 7) is 1.78. The molecule has 15 heavy (non-hydrogen) atoms. The van der Waals surface area contributed by atoms with Gasteiger partial charge in [-0.25, -0.2) is 0 Å². The molecule has 0 heterocycles. The molecule has 0 bridgehead atoms. The van der Waals surface area contributed by atoms with Crippen LogP contribution in [0.5, 0.6) is 0 Å². The van der Waals surface area contributed by atoms with Crippen LogP contribution in [0.15, 0.2) is 29.2 Å². The molecule has 0 spiro atoms. The largest absolute Gasteiger partial charge is 0.480 e. The molecule has 4 nitrogen and oxygen atoms in total. The van der Waals surface area contributed by atoms with Crippen LogP contribution in [-0.2, 0) is 15.6 Å². The van der Waals surface area contributed by atoms with Crippen LogP contribution in [0.25, 0.3) is 0 Å². The van der Waals surface area contributed by atoms with E-state index < -0.39 is 22.0 Å². The maximum atomic E-state index is 11.8. The van der Waals surface area contributed by atoms with Gasteiger partial charge in [-0.15, -0.1) is 0 Å². The Morgan fingerprint density at radius 3 is 2.40 bits per heavy atom. The Hall–Kier alpha value is -1.20. The molecule has 3 N–H and O–H groups in total. The van der Waals surface area contributed by atoms with Crippen LogP contribution in [0, 0.1) is 6.92 Å². The molecule has 0 saturated heterocycles. The van der Waals surface area contributed by atoms with Gasteiger partial charge >= 0.3 is 5.97 Å². The predicted octanol–water partition coefficient (Wildman–Crippen LogP) is 0.515. The topological polar surface area (TPSA) is 80.4 Å². The molecular weight excluding hydrogens is 214 g/mol. The van der Waals surface area contributed by atoms with Gasteiger partial charge in [-0.05, 0) is 19.1 Å². The first-order valence-electron chi connectivity index (χ1n) is 4.46. The second-order valence-corrected chi connectivity index (χ2v) is 4.81. The molecule has 0 saturated carbocycles. The second-order valence-electron chi connectivity index (χ2n) is 3.17. The first kappa shape index (κ1) is 11.9. The van der Waals surface area contributed by atoms with Crippen molar-refractivity contribution in [3.63, 3.8) is 0 Å². The van der Waals surface area contributed by atoms with E-state index in [9.17, 15) is 9.00 Å². The molecule has 5 heteroatoms. The highest BCUT2D eigenvalue weighted by Crippen LogP contribution is 2.12. The summed E-state index contributed by atoms with van der Waals surface area (Å²) in [7, 11) is -1.58. The molecule has 82 valence electrons. The molecule has 0 aliphatic carbocycles. The first-order chi connectivity index (χ1) is 7.06. The van der Waals surface area contributed by atoms with Crippen molar-refractivity contribution in [1.29, 1.82) is 0 Å². The number of aryl methyl sites for hydroxylation is 1. The van der Waals surface area contributed by atoms with Gasteiger partial charge in [0, 0.05) is 11.4 Å². The summed E-state index contributed by atoms with van der Waals surface area (Å²) in [6, 6.07) is 6.92. The van der Waals surface area contributed by atoms with E-state index in [1.54, 1.807) is 24.3 Å². The normalized spacial score (nSPS) is 14.5. The number of aliphatic carboxylic acids is 1. The fourth-order valence-electron chi connectivity index (χ4n) is 1.12. The van der Waals surface area contributed by atoms with Crippen LogP contribution in [0.3, 0.4) is 0 Å². The Morgan fingerprint density at radius 1 is 1.47 bits per heavy atom. The van der Waals surface area contributed by atoms with Crippen molar-refractivity contribution >= 4 is 16.8 Å². The number of rotatable bonds is 4. The van der Waals surface area contributed by atoms with Gasteiger partial charge < -0.3 is 10.8 Å². The van der Waals surface area contributed by atoms with Crippen molar-refractivity contribution in [2.45, 2.75) is 17.1 Å². The van der Waals surface area contributed by atoms with Gasteiger partial charge in [-0.2, -0.15) is 0 Å². The quantitative estimate of drug-likeness (QED) is 0.785. The number of carboxylic acid groups (broad SMARTS) is 1. The fourth-order valence-corrected chi connectivity index (χ4v) is 2.21. The van der Waals surface area contributed by atoms with Crippen molar-refractivity contribution < 1.29 is 14.1 Å². The van der Waals surface area contributed by atoms with Crippen molar-refractivity contribution in [3.8, 4) is 0 Å². The van der Waals surface area contributed by atoms with Crippen molar-refractivity contribution in [2.75, 3.05) is 6.54 Å². The minimum atomic E-state index is -1.58. The molecule has 0 aromatic heterocycles. The van der Waals surface area contributed by atoms with Gasteiger partial charge in [0.05, 0.1) is 10.8 Å². The van der Waals surface area contributed by atoms with E-state index >= 15 is 0 Å². The molecule has 1 aromatic rings. The number of carbonyl (C=O) groups is 1. The molecule has 0 amide bonds. The van der Waals surface area contributed by atoms with Gasteiger partial charge in [0.15, 0.2) is 0 Å². The summed E-state index contributed by atoms with van der Waals surface area (Å²) in [5, 5.41) is 7.75. The average molecular weight is 227 g/mol. The van der Waals surface area contributed by atoms with E-state index in [0.717, 1.165) is 5.56 Å². The van der Waals surface area contributed by atoms with Crippen molar-refractivity contribution in [3.05, 3.63) is 29.8 Å². The molecule has 2 atom stereocenters. The number of hydrogen-bond donors (Lipinski definition) is 2. The zero-order chi connectivity index (χ0) is 11.4. The van der Waals surface area contributed by atoms with Gasteiger partial charge in [-0.1, -0.05) is 17.7 Å². The Labute approximate surface area is 90.6 Å². The lowest BCUT2D eigenvalue weighted by Gasteiger charge is -2.09. The zero-order valence-corrected chi connectivity index (χ0v) is 9.16. The number of carboxylic acids is 1. The third-order valence-electron chi connectivity index (χ3n) is 2.00. The van der Waals surface area contributed by atoms with E-state index in [1.165, 1.54) is 0 Å². The maximum Gasteiger partial charge on any atom is 0.320 e. The van der Waals surface area contributed by atoms with Crippen LogP contribution < -0.4 is 5.73 Å². The molecule has 0 aliphatic heterocycles. The number of hydrogen-bond acceptors (Lipinski definition) is 3. The van der Waals surface area contributed by atoms with Crippen molar-refractivity contribution in [2.24, 2.45) is 5.73 Å². The van der Waals surface area contributed by atoms with Gasteiger partial charge in [0.2, 0.25) is 0 Å². The van der Waals surface area contributed by atoms with Gasteiger partial charge in [0.25, 0.3) is 0 Å². The monoisotopic (exact) mass is 227 g/mol. The smallest absolute Gasteiger partial charge is 0.320 e. The standard InChI is InChI=1S/C10H13NO3S/c1-7-2-4-8(5-3-7)15(14)9(6-11)10(12)13/h2-5,9H,6,11H2,1H3,(H,12,13). The Balaban J connectivity index is 2.93. The third kappa shape index (κ3) is 2.87. The Kier molecular flexibility index (Phi) is 3.99. The molecule has 0 fully saturated rings. The van der Waals surface area contributed by atoms with E-state index in [-0.39, 0.29) is 6.54 Å².